The zero-order chi connectivity index (χ0) is 9.10. The van der Waals surface area contributed by atoms with Crippen molar-refractivity contribution in [2.45, 2.75) is 12.8 Å². The van der Waals surface area contributed by atoms with Gasteiger partial charge in [0.1, 0.15) is 0 Å². The first-order valence-corrected chi connectivity index (χ1v) is 4.65. The number of amides is 1. The molecule has 2 rings (SSSR count). The van der Waals surface area contributed by atoms with Crippen molar-refractivity contribution in [3.8, 4) is 0 Å². The summed E-state index contributed by atoms with van der Waals surface area (Å²) in [7, 11) is 0. The highest BCUT2D eigenvalue weighted by molar-refractivity contribution is 5.78. The van der Waals surface area contributed by atoms with Crippen molar-refractivity contribution in [2.75, 3.05) is 6.54 Å². The van der Waals surface area contributed by atoms with E-state index in [0.29, 0.717) is 12.3 Å². The molecule has 0 bridgehead atoms. The van der Waals surface area contributed by atoms with Crippen LogP contribution in [0.15, 0.2) is 30.3 Å². The van der Waals surface area contributed by atoms with Crippen molar-refractivity contribution in [1.82, 2.24) is 5.32 Å². The van der Waals surface area contributed by atoms with Crippen LogP contribution in [0.5, 0.6) is 0 Å². The van der Waals surface area contributed by atoms with Crippen molar-refractivity contribution < 1.29 is 4.79 Å². The molecule has 0 radical (unpaired) electrons. The van der Waals surface area contributed by atoms with Crippen LogP contribution in [0.25, 0.3) is 0 Å². The Morgan fingerprint density at radius 1 is 1.31 bits per heavy atom. The molecule has 2 nitrogen and oxygen atoms in total. The Morgan fingerprint density at radius 3 is 2.69 bits per heavy atom. The van der Waals surface area contributed by atoms with Crippen LogP contribution < -0.4 is 5.32 Å². The van der Waals surface area contributed by atoms with Gasteiger partial charge in [-0.15, -0.1) is 0 Å². The Balaban J connectivity index is 1.96. The summed E-state index contributed by atoms with van der Waals surface area (Å²) in [6.45, 7) is 0.841. The Kier molecular flexibility index (Phi) is 2.30. The van der Waals surface area contributed by atoms with E-state index < -0.39 is 0 Å². The lowest BCUT2D eigenvalue weighted by Crippen LogP contribution is -2.14. The van der Waals surface area contributed by atoms with E-state index in [0.717, 1.165) is 13.0 Å². The number of benzene rings is 1. The second-order valence-corrected chi connectivity index (χ2v) is 3.56. The fourth-order valence-electron chi connectivity index (χ4n) is 1.76. The van der Waals surface area contributed by atoms with Crippen molar-refractivity contribution in [3.63, 3.8) is 0 Å². The smallest absolute Gasteiger partial charge is 0.220 e. The van der Waals surface area contributed by atoms with Gasteiger partial charge in [0.15, 0.2) is 0 Å². The molecular weight excluding hydrogens is 162 g/mol. The van der Waals surface area contributed by atoms with Crippen molar-refractivity contribution in [1.29, 1.82) is 0 Å². The number of nitrogens with one attached hydrogen (secondary N) is 1. The van der Waals surface area contributed by atoms with Crippen LogP contribution in [0, 0.1) is 5.92 Å². The number of hydrogen-bond acceptors (Lipinski definition) is 1. The van der Waals surface area contributed by atoms with Gasteiger partial charge in [0, 0.05) is 13.0 Å². The highest BCUT2D eigenvalue weighted by Gasteiger charge is 2.20. The quantitative estimate of drug-likeness (QED) is 0.722. The van der Waals surface area contributed by atoms with Gasteiger partial charge in [-0.25, -0.2) is 0 Å². The van der Waals surface area contributed by atoms with Gasteiger partial charge in [0.05, 0.1) is 0 Å². The van der Waals surface area contributed by atoms with E-state index in [2.05, 4.69) is 17.4 Å². The summed E-state index contributed by atoms with van der Waals surface area (Å²) in [5.74, 6) is 0.691. The second-order valence-electron chi connectivity index (χ2n) is 3.56. The number of rotatable bonds is 2. The van der Waals surface area contributed by atoms with E-state index in [1.807, 2.05) is 18.2 Å². The van der Waals surface area contributed by atoms with Gasteiger partial charge in [-0.3, -0.25) is 4.79 Å². The normalized spacial score (nSPS) is 21.5. The molecular formula is C11H13NO. The van der Waals surface area contributed by atoms with Gasteiger partial charge in [-0.05, 0) is 17.9 Å². The van der Waals surface area contributed by atoms with E-state index >= 15 is 0 Å². The molecule has 1 amide bonds. The molecule has 1 aromatic carbocycles. The Morgan fingerprint density at radius 2 is 2.08 bits per heavy atom. The van der Waals surface area contributed by atoms with Crippen molar-refractivity contribution >= 4 is 5.91 Å². The molecule has 1 heterocycles. The zero-order valence-corrected chi connectivity index (χ0v) is 7.49. The Bertz CT molecular complexity index is 294. The number of hydrogen-bond donors (Lipinski definition) is 1. The average molecular weight is 175 g/mol. The Hall–Kier alpha value is -1.31. The van der Waals surface area contributed by atoms with Gasteiger partial charge in [0.2, 0.25) is 5.91 Å². The zero-order valence-electron chi connectivity index (χ0n) is 7.49. The third-order valence-electron chi connectivity index (χ3n) is 2.43. The molecule has 0 aliphatic carbocycles. The minimum absolute atomic E-state index is 0.195. The maximum absolute atomic E-state index is 10.9. The van der Waals surface area contributed by atoms with Crippen LogP contribution >= 0.6 is 0 Å². The minimum atomic E-state index is 0.195. The SMILES string of the molecule is O=C1C[C@@H](Cc2ccccc2)CN1. The standard InChI is InChI=1S/C11H13NO/c13-11-7-10(8-12-11)6-9-4-2-1-3-5-9/h1-5,10H,6-8H2,(H,12,13)/t10-/m1/s1. The van der Waals surface area contributed by atoms with Gasteiger partial charge >= 0.3 is 0 Å². The topological polar surface area (TPSA) is 29.1 Å². The fraction of sp³-hybridized carbons (Fsp3) is 0.364. The first kappa shape index (κ1) is 8.30. The fourth-order valence-corrected chi connectivity index (χ4v) is 1.76. The minimum Gasteiger partial charge on any atom is -0.356 e. The highest BCUT2D eigenvalue weighted by atomic mass is 16.1. The largest absolute Gasteiger partial charge is 0.356 e. The average Bonchev–Trinajstić information content (AvgIpc) is 2.53. The summed E-state index contributed by atoms with van der Waals surface area (Å²) in [6, 6.07) is 10.3. The molecule has 0 saturated carbocycles. The lowest BCUT2D eigenvalue weighted by molar-refractivity contribution is -0.119. The molecule has 1 N–H and O–H groups in total. The monoisotopic (exact) mass is 175 g/mol. The molecule has 1 aromatic rings. The van der Waals surface area contributed by atoms with Crippen molar-refractivity contribution in [3.05, 3.63) is 35.9 Å². The molecule has 0 spiro atoms. The van der Waals surface area contributed by atoms with Crippen LogP contribution in [0.2, 0.25) is 0 Å². The van der Waals surface area contributed by atoms with Crippen LogP contribution in [0.1, 0.15) is 12.0 Å². The molecule has 1 aliphatic heterocycles. The van der Waals surface area contributed by atoms with E-state index in [9.17, 15) is 4.79 Å². The lowest BCUT2D eigenvalue weighted by atomic mass is 9.99. The summed E-state index contributed by atoms with van der Waals surface area (Å²) < 4.78 is 0. The number of carbonyl (C=O) groups excluding carboxylic acids is 1. The predicted molar refractivity (Wildman–Crippen MR) is 51.3 cm³/mol. The molecule has 1 saturated heterocycles. The van der Waals surface area contributed by atoms with Crippen LogP contribution in [0.3, 0.4) is 0 Å². The highest BCUT2D eigenvalue weighted by Crippen LogP contribution is 2.15. The molecule has 0 unspecified atom stereocenters. The molecule has 1 aliphatic rings. The van der Waals surface area contributed by atoms with Crippen molar-refractivity contribution in [2.24, 2.45) is 5.92 Å². The first-order chi connectivity index (χ1) is 6.34. The maximum atomic E-state index is 10.9. The van der Waals surface area contributed by atoms with Gasteiger partial charge < -0.3 is 5.32 Å². The van der Waals surface area contributed by atoms with E-state index in [1.54, 1.807) is 0 Å². The molecule has 1 atom stereocenters. The summed E-state index contributed by atoms with van der Waals surface area (Å²) in [5.41, 5.74) is 1.32. The first-order valence-electron chi connectivity index (χ1n) is 4.65. The number of carbonyl (C=O) groups is 1. The summed E-state index contributed by atoms with van der Waals surface area (Å²) >= 11 is 0. The maximum Gasteiger partial charge on any atom is 0.220 e. The molecule has 0 aromatic heterocycles. The molecule has 13 heavy (non-hydrogen) atoms. The molecule has 1 fully saturated rings. The summed E-state index contributed by atoms with van der Waals surface area (Å²) in [6.07, 6.45) is 1.70. The lowest BCUT2D eigenvalue weighted by Gasteiger charge is -2.05. The third kappa shape index (κ3) is 2.08. The third-order valence-corrected chi connectivity index (χ3v) is 2.43. The van der Waals surface area contributed by atoms with E-state index in [4.69, 9.17) is 0 Å². The van der Waals surface area contributed by atoms with Gasteiger partial charge in [-0.2, -0.15) is 0 Å². The van der Waals surface area contributed by atoms with Crippen LogP contribution in [-0.4, -0.2) is 12.5 Å². The van der Waals surface area contributed by atoms with E-state index in [-0.39, 0.29) is 5.91 Å². The second kappa shape index (κ2) is 3.60. The Labute approximate surface area is 78.0 Å². The summed E-state index contributed by atoms with van der Waals surface area (Å²) in [5, 5.41) is 2.85. The van der Waals surface area contributed by atoms with Gasteiger partial charge in [-0.1, -0.05) is 30.3 Å². The molecule has 68 valence electrons. The predicted octanol–water partition coefficient (Wildman–Crippen LogP) is 1.37. The van der Waals surface area contributed by atoms with Crippen LogP contribution in [-0.2, 0) is 11.2 Å². The molecule has 2 heteroatoms. The van der Waals surface area contributed by atoms with Gasteiger partial charge in [0.25, 0.3) is 0 Å². The summed E-state index contributed by atoms with van der Waals surface area (Å²) in [4.78, 5) is 10.9. The van der Waals surface area contributed by atoms with Crippen LogP contribution in [0.4, 0.5) is 0 Å². The van der Waals surface area contributed by atoms with E-state index in [1.165, 1.54) is 5.56 Å².